The van der Waals surface area contributed by atoms with Crippen LogP contribution in [-0.4, -0.2) is 15.0 Å². The first kappa shape index (κ1) is 32.4. The zero-order valence-electron chi connectivity index (χ0n) is 31.1. The molecule has 12 rings (SSSR count). The molecule has 3 aromatic heterocycles. The number of rotatable bonds is 5. The number of para-hydroxylation sites is 1. The third kappa shape index (κ3) is 5.02. The quantitative estimate of drug-likeness (QED) is 0.189. The van der Waals surface area contributed by atoms with Crippen LogP contribution in [0.15, 0.2) is 179 Å². The number of nitrogens with one attached hydrogen (secondary N) is 1. The molecule has 1 aliphatic rings. The number of hydrogen-bond acceptors (Lipinski definition) is 6. The van der Waals surface area contributed by atoms with Gasteiger partial charge in [-0.15, -0.1) is 0 Å². The molecular formula is C52H32N4O2. The zero-order chi connectivity index (χ0) is 38.2. The molecule has 6 heteroatoms. The van der Waals surface area contributed by atoms with Gasteiger partial charge in [-0.25, -0.2) is 15.0 Å². The van der Waals surface area contributed by atoms with Gasteiger partial charge in [0, 0.05) is 38.4 Å². The maximum absolute atomic E-state index is 6.30. The lowest BCUT2D eigenvalue weighted by atomic mass is 9.88. The fourth-order valence-corrected chi connectivity index (χ4v) is 8.84. The summed E-state index contributed by atoms with van der Waals surface area (Å²) in [7, 11) is 0. The molecule has 0 aliphatic carbocycles. The molecule has 4 heterocycles. The highest BCUT2D eigenvalue weighted by Crippen LogP contribution is 2.44. The van der Waals surface area contributed by atoms with E-state index in [9.17, 15) is 0 Å². The van der Waals surface area contributed by atoms with Crippen LogP contribution in [0, 0.1) is 0 Å². The number of aromatic nitrogens is 3. The highest BCUT2D eigenvalue weighted by atomic mass is 16.3. The van der Waals surface area contributed by atoms with Crippen molar-refractivity contribution in [3.63, 3.8) is 0 Å². The largest absolute Gasteiger partial charge is 0.459 e. The lowest BCUT2D eigenvalue weighted by molar-refractivity contribution is 0.532. The van der Waals surface area contributed by atoms with Crippen LogP contribution >= 0.6 is 0 Å². The fourth-order valence-electron chi connectivity index (χ4n) is 8.84. The molecule has 272 valence electrons. The minimum Gasteiger partial charge on any atom is -0.459 e. The summed E-state index contributed by atoms with van der Waals surface area (Å²) in [6.45, 7) is 0.631. The molecule has 0 saturated carbocycles. The van der Waals surface area contributed by atoms with Gasteiger partial charge in [0.15, 0.2) is 17.5 Å². The number of fused-ring (bicyclic) bond motifs is 8. The smallest absolute Gasteiger partial charge is 0.164 e. The zero-order valence-corrected chi connectivity index (χ0v) is 31.1. The van der Waals surface area contributed by atoms with Gasteiger partial charge in [-0.2, -0.15) is 0 Å². The first-order valence-electron chi connectivity index (χ1n) is 19.5. The van der Waals surface area contributed by atoms with E-state index in [0.29, 0.717) is 24.0 Å². The second kappa shape index (κ2) is 12.9. The van der Waals surface area contributed by atoms with E-state index >= 15 is 0 Å². The van der Waals surface area contributed by atoms with Crippen molar-refractivity contribution in [2.45, 2.75) is 6.54 Å². The van der Waals surface area contributed by atoms with E-state index in [2.05, 4.69) is 121 Å². The minimum atomic E-state index is 0.597. The third-order valence-corrected chi connectivity index (χ3v) is 11.4. The molecule has 58 heavy (non-hydrogen) atoms. The first-order chi connectivity index (χ1) is 28.8. The predicted molar refractivity (Wildman–Crippen MR) is 235 cm³/mol. The summed E-state index contributed by atoms with van der Waals surface area (Å²) in [4.78, 5) is 15.5. The molecule has 0 bridgehead atoms. The summed E-state index contributed by atoms with van der Waals surface area (Å²) >= 11 is 0. The van der Waals surface area contributed by atoms with Gasteiger partial charge in [-0.3, -0.25) is 0 Å². The van der Waals surface area contributed by atoms with Crippen molar-refractivity contribution in [1.29, 1.82) is 0 Å². The molecule has 0 fully saturated rings. The summed E-state index contributed by atoms with van der Waals surface area (Å²) < 4.78 is 12.6. The van der Waals surface area contributed by atoms with Crippen LogP contribution in [0.1, 0.15) is 11.3 Å². The van der Waals surface area contributed by atoms with Crippen molar-refractivity contribution in [2.24, 2.45) is 0 Å². The van der Waals surface area contributed by atoms with Crippen molar-refractivity contribution in [1.82, 2.24) is 20.3 Å². The lowest BCUT2D eigenvalue weighted by Gasteiger charge is -2.16. The molecule has 0 spiro atoms. The Bertz CT molecular complexity index is 3470. The van der Waals surface area contributed by atoms with E-state index in [1.54, 1.807) is 0 Å². The Labute approximate surface area is 332 Å². The van der Waals surface area contributed by atoms with E-state index in [4.69, 9.17) is 23.8 Å². The Morgan fingerprint density at radius 2 is 0.897 bits per heavy atom. The summed E-state index contributed by atoms with van der Waals surface area (Å²) in [5.74, 6) is 2.72. The molecule has 6 nitrogen and oxygen atoms in total. The summed E-state index contributed by atoms with van der Waals surface area (Å²) in [5.41, 5.74) is 11.0. The Kier molecular flexibility index (Phi) is 7.19. The standard InChI is InChI=1S/C52H32N4O2/c1-2-12-31(13-3-1)50-54-51(56-52(55-50)43-20-11-23-46-49(43)42-28-29-53-30-47(42)58-46)40-27-26-37(34-16-6-7-17-35(34)40)36-24-25-38(33-15-5-4-14-32(33)36)39-19-10-22-45-48(39)41-18-8-9-21-44(41)57-45/h1-29,53H,30H2. The number of nitrogens with zero attached hydrogens (tertiary/aromatic N) is 3. The van der Waals surface area contributed by atoms with Gasteiger partial charge in [-0.1, -0.05) is 140 Å². The highest BCUT2D eigenvalue weighted by Gasteiger charge is 2.23. The molecule has 1 aliphatic heterocycles. The molecule has 8 aromatic carbocycles. The van der Waals surface area contributed by atoms with Crippen molar-refractivity contribution in [3.05, 3.63) is 181 Å². The van der Waals surface area contributed by atoms with Gasteiger partial charge in [0.05, 0.1) is 6.54 Å². The number of benzene rings is 8. The molecule has 0 radical (unpaired) electrons. The Morgan fingerprint density at radius 1 is 0.379 bits per heavy atom. The van der Waals surface area contributed by atoms with Gasteiger partial charge in [0.25, 0.3) is 0 Å². The van der Waals surface area contributed by atoms with Gasteiger partial charge in [-0.05, 0) is 80.3 Å². The van der Waals surface area contributed by atoms with Crippen LogP contribution in [0.25, 0.3) is 117 Å². The van der Waals surface area contributed by atoms with E-state index in [1.165, 1.54) is 16.3 Å². The van der Waals surface area contributed by atoms with Crippen molar-refractivity contribution < 1.29 is 8.83 Å². The van der Waals surface area contributed by atoms with E-state index in [1.807, 2.05) is 60.8 Å². The third-order valence-electron chi connectivity index (χ3n) is 11.4. The van der Waals surface area contributed by atoms with E-state index in [-0.39, 0.29) is 0 Å². The monoisotopic (exact) mass is 744 g/mol. The van der Waals surface area contributed by atoms with Crippen LogP contribution in [0.2, 0.25) is 0 Å². The Balaban J connectivity index is 1.05. The van der Waals surface area contributed by atoms with Crippen LogP contribution in [0.4, 0.5) is 0 Å². The maximum Gasteiger partial charge on any atom is 0.164 e. The van der Waals surface area contributed by atoms with Gasteiger partial charge < -0.3 is 14.2 Å². The topological polar surface area (TPSA) is 77.0 Å². The number of furan rings is 2. The fraction of sp³-hybridized carbons (Fsp3) is 0.0192. The summed E-state index contributed by atoms with van der Waals surface area (Å²) in [6.07, 6.45) is 4.03. The Hall–Kier alpha value is -7.83. The highest BCUT2D eigenvalue weighted by molar-refractivity contribution is 6.18. The first-order valence-corrected chi connectivity index (χ1v) is 19.5. The van der Waals surface area contributed by atoms with Crippen LogP contribution in [0.3, 0.4) is 0 Å². The Morgan fingerprint density at radius 3 is 1.60 bits per heavy atom. The molecule has 0 unspecified atom stereocenters. The molecule has 0 saturated heterocycles. The van der Waals surface area contributed by atoms with Crippen LogP contribution in [-0.2, 0) is 6.54 Å². The normalized spacial score (nSPS) is 12.5. The SMILES string of the molecule is C1=Cc2c(oc3cccc(-c4nc(-c5ccccc5)nc(-c5ccc(-c6ccc(-c7cccc8oc9ccccc9c78)c7ccccc67)c6ccccc56)n4)c23)CN1. The predicted octanol–water partition coefficient (Wildman–Crippen LogP) is 13.2. The average Bonchev–Trinajstić information content (AvgIpc) is 3.87. The van der Waals surface area contributed by atoms with Crippen LogP contribution in [0.5, 0.6) is 0 Å². The van der Waals surface area contributed by atoms with E-state index in [0.717, 1.165) is 88.4 Å². The minimum absolute atomic E-state index is 0.597. The molecule has 1 N–H and O–H groups in total. The van der Waals surface area contributed by atoms with Gasteiger partial charge in [0.1, 0.15) is 22.5 Å². The van der Waals surface area contributed by atoms with Crippen molar-refractivity contribution in [3.8, 4) is 56.4 Å². The summed E-state index contributed by atoms with van der Waals surface area (Å²) in [5, 5.41) is 11.1. The van der Waals surface area contributed by atoms with Gasteiger partial charge in [0.2, 0.25) is 0 Å². The number of hydrogen-bond donors (Lipinski definition) is 1. The van der Waals surface area contributed by atoms with Crippen molar-refractivity contribution >= 4 is 60.5 Å². The summed E-state index contributed by atoms with van der Waals surface area (Å²) in [6, 6.07) is 57.1. The van der Waals surface area contributed by atoms with Crippen LogP contribution < -0.4 is 5.32 Å². The molecule has 11 aromatic rings. The van der Waals surface area contributed by atoms with E-state index < -0.39 is 0 Å². The molecule has 0 amide bonds. The van der Waals surface area contributed by atoms with Gasteiger partial charge >= 0.3 is 0 Å². The second-order valence-corrected chi connectivity index (χ2v) is 14.7. The lowest BCUT2D eigenvalue weighted by Crippen LogP contribution is -2.08. The van der Waals surface area contributed by atoms with Crippen molar-refractivity contribution in [2.75, 3.05) is 0 Å². The maximum atomic E-state index is 6.30. The molecule has 0 atom stereocenters. The average molecular weight is 745 g/mol. The second-order valence-electron chi connectivity index (χ2n) is 14.7. The molecular weight excluding hydrogens is 713 g/mol.